The number of hydrogen-bond donors (Lipinski definition) is 8. The minimum absolute atomic E-state index is 0.451. The lowest BCUT2D eigenvalue weighted by Crippen LogP contribution is -2.48. The summed E-state index contributed by atoms with van der Waals surface area (Å²) < 4.78 is 0. The summed E-state index contributed by atoms with van der Waals surface area (Å²) in [5.41, 5.74) is 19.7. The van der Waals surface area contributed by atoms with Crippen LogP contribution in [0.15, 0.2) is 0 Å². The zero-order valence-electron chi connectivity index (χ0n) is 14.7. The first-order valence-electron chi connectivity index (χ1n) is 7.17. The highest BCUT2D eigenvalue weighted by atomic mass is 16.4. The zero-order valence-corrected chi connectivity index (χ0v) is 14.7. The second-order valence-corrected chi connectivity index (χ2v) is 5.11. The fourth-order valence-corrected chi connectivity index (χ4v) is 0.704. The number of carboxylic acid groups (broad SMARTS) is 3. The molecule has 0 spiro atoms. The van der Waals surface area contributed by atoms with Gasteiger partial charge in [0.05, 0.1) is 12.5 Å². The molecule has 0 rings (SSSR count). The number of nitrogens with two attached hydrogens (primary N) is 4. The van der Waals surface area contributed by atoms with E-state index in [9.17, 15) is 24.0 Å². The van der Waals surface area contributed by atoms with E-state index in [0.717, 1.165) is 0 Å². The van der Waals surface area contributed by atoms with E-state index in [4.69, 9.17) is 38.3 Å². The van der Waals surface area contributed by atoms with Gasteiger partial charge in [-0.15, -0.1) is 0 Å². The molecule has 0 aromatic rings. The van der Waals surface area contributed by atoms with Gasteiger partial charge in [-0.2, -0.15) is 0 Å². The Morgan fingerprint density at radius 2 is 1.08 bits per heavy atom. The molecule has 0 unspecified atom stereocenters. The maximum atomic E-state index is 11.0. The molecule has 2 amide bonds. The Kier molecular flexibility index (Phi) is 15.7. The van der Waals surface area contributed by atoms with Crippen molar-refractivity contribution >= 4 is 29.7 Å². The van der Waals surface area contributed by atoms with Crippen LogP contribution in [0.3, 0.4) is 0 Å². The van der Waals surface area contributed by atoms with Crippen LogP contribution in [0.4, 0.5) is 0 Å². The molecule has 152 valence electrons. The molecule has 0 aromatic heterocycles. The lowest BCUT2D eigenvalue weighted by molar-refractivity contribution is -0.143. The lowest BCUT2D eigenvalue weighted by atomic mass is 10.2. The van der Waals surface area contributed by atoms with Crippen LogP contribution >= 0.6 is 0 Å². The largest absolute Gasteiger partial charge is 0.480 e. The van der Waals surface area contributed by atoms with E-state index < -0.39 is 60.3 Å². The Bertz CT molecular complexity index is 475. The molecular formula is C13H27N5O8. The highest BCUT2D eigenvalue weighted by molar-refractivity contribution is 5.89. The SMILES string of the molecule is C[C@@H](N)C(=O)O.C[C@H](N)C(=O)N[C@@H](CC(N)=O)C(=O)O.C[C@H](N)C(=O)O. The fraction of sp³-hybridized carbons (Fsp3) is 0.615. The molecule has 12 N–H and O–H groups in total. The summed E-state index contributed by atoms with van der Waals surface area (Å²) in [5.74, 6) is -4.69. The van der Waals surface area contributed by atoms with Crippen LogP contribution < -0.4 is 28.3 Å². The van der Waals surface area contributed by atoms with Crippen molar-refractivity contribution in [1.29, 1.82) is 0 Å². The van der Waals surface area contributed by atoms with E-state index in [0.29, 0.717) is 0 Å². The summed E-state index contributed by atoms with van der Waals surface area (Å²) in [4.78, 5) is 51.1. The molecule has 0 saturated carbocycles. The van der Waals surface area contributed by atoms with Crippen molar-refractivity contribution in [3.8, 4) is 0 Å². The van der Waals surface area contributed by atoms with E-state index in [1.807, 2.05) is 0 Å². The predicted octanol–water partition coefficient (Wildman–Crippen LogP) is -3.39. The normalized spacial score (nSPS) is 13.9. The van der Waals surface area contributed by atoms with Gasteiger partial charge in [0, 0.05) is 0 Å². The van der Waals surface area contributed by atoms with Gasteiger partial charge in [0.15, 0.2) is 0 Å². The number of aliphatic carboxylic acids is 3. The van der Waals surface area contributed by atoms with Crippen molar-refractivity contribution < 1.29 is 39.3 Å². The van der Waals surface area contributed by atoms with Crippen LogP contribution in [0.2, 0.25) is 0 Å². The average molecular weight is 381 g/mol. The molecule has 13 heteroatoms. The first-order valence-corrected chi connectivity index (χ1v) is 7.17. The minimum atomic E-state index is -1.32. The Morgan fingerprint density at radius 3 is 1.23 bits per heavy atom. The molecule has 4 atom stereocenters. The Morgan fingerprint density at radius 1 is 0.769 bits per heavy atom. The van der Waals surface area contributed by atoms with Gasteiger partial charge in [0.25, 0.3) is 0 Å². The third kappa shape index (κ3) is 19.3. The van der Waals surface area contributed by atoms with E-state index >= 15 is 0 Å². The summed E-state index contributed by atoms with van der Waals surface area (Å²) in [7, 11) is 0. The van der Waals surface area contributed by atoms with Crippen molar-refractivity contribution in [1.82, 2.24) is 5.32 Å². The fourth-order valence-electron chi connectivity index (χ4n) is 0.704. The Labute approximate surface area is 149 Å². The quantitative estimate of drug-likeness (QED) is 0.215. The summed E-state index contributed by atoms with van der Waals surface area (Å²) in [6, 6.07) is -3.61. The Hall–Kier alpha value is -2.77. The summed E-state index contributed by atoms with van der Waals surface area (Å²) in [5, 5.41) is 26.4. The van der Waals surface area contributed by atoms with Gasteiger partial charge < -0.3 is 43.6 Å². The van der Waals surface area contributed by atoms with Crippen molar-refractivity contribution in [2.24, 2.45) is 22.9 Å². The molecule has 0 heterocycles. The number of carbonyl (C=O) groups is 5. The molecule has 0 bridgehead atoms. The smallest absolute Gasteiger partial charge is 0.326 e. The Balaban J connectivity index is -0.000000364. The van der Waals surface area contributed by atoms with Crippen LogP contribution in [0.5, 0.6) is 0 Å². The van der Waals surface area contributed by atoms with Crippen molar-refractivity contribution in [2.75, 3.05) is 0 Å². The van der Waals surface area contributed by atoms with E-state index in [1.54, 1.807) is 0 Å². The van der Waals surface area contributed by atoms with Crippen molar-refractivity contribution in [3.05, 3.63) is 0 Å². The second-order valence-electron chi connectivity index (χ2n) is 5.11. The highest BCUT2D eigenvalue weighted by Gasteiger charge is 2.23. The van der Waals surface area contributed by atoms with Crippen LogP contribution in [0, 0.1) is 0 Å². The van der Waals surface area contributed by atoms with Crippen LogP contribution in [-0.4, -0.2) is 69.2 Å². The van der Waals surface area contributed by atoms with E-state index in [1.165, 1.54) is 20.8 Å². The summed E-state index contributed by atoms with van der Waals surface area (Å²) in [6.45, 7) is 4.24. The number of carbonyl (C=O) groups excluding carboxylic acids is 2. The number of nitrogens with one attached hydrogen (secondary N) is 1. The van der Waals surface area contributed by atoms with Gasteiger partial charge in [-0.25, -0.2) is 4.79 Å². The standard InChI is InChI=1S/C7H13N3O4.2C3H7NO2/c1-3(8)6(12)10-4(7(13)14)2-5(9)11;2*1-2(4)3(5)6/h3-4H,2,8H2,1H3,(H2,9,11)(H,10,12)(H,13,14);2*2H,4H2,1H3,(H,5,6)/t3-,4-;2*2-/m010/s1. The number of hydrogen-bond acceptors (Lipinski definition) is 8. The zero-order chi connectivity index (χ0) is 21.6. The summed E-state index contributed by atoms with van der Waals surface area (Å²) in [6.07, 6.45) is -0.451. The maximum absolute atomic E-state index is 11.0. The number of rotatable bonds is 7. The van der Waals surface area contributed by atoms with Crippen molar-refractivity contribution in [3.63, 3.8) is 0 Å². The molecule has 0 aliphatic rings. The number of primary amides is 1. The molecule has 26 heavy (non-hydrogen) atoms. The van der Waals surface area contributed by atoms with Gasteiger partial charge in [0.1, 0.15) is 18.1 Å². The van der Waals surface area contributed by atoms with Gasteiger partial charge >= 0.3 is 17.9 Å². The van der Waals surface area contributed by atoms with Gasteiger partial charge in [-0.1, -0.05) is 0 Å². The lowest BCUT2D eigenvalue weighted by Gasteiger charge is -2.14. The molecule has 0 radical (unpaired) electrons. The molecule has 0 aromatic carbocycles. The third-order valence-electron chi connectivity index (χ3n) is 2.21. The van der Waals surface area contributed by atoms with Crippen LogP contribution in [0.1, 0.15) is 27.2 Å². The average Bonchev–Trinajstić information content (AvgIpc) is 2.46. The highest BCUT2D eigenvalue weighted by Crippen LogP contribution is 1.92. The monoisotopic (exact) mass is 381 g/mol. The predicted molar refractivity (Wildman–Crippen MR) is 89.6 cm³/mol. The maximum Gasteiger partial charge on any atom is 0.326 e. The number of carboxylic acids is 3. The van der Waals surface area contributed by atoms with Gasteiger partial charge in [-0.3, -0.25) is 19.2 Å². The molecule has 0 aliphatic carbocycles. The minimum Gasteiger partial charge on any atom is -0.480 e. The molecule has 0 aliphatic heterocycles. The topological polar surface area (TPSA) is 262 Å². The molecule has 0 fully saturated rings. The van der Waals surface area contributed by atoms with E-state index in [-0.39, 0.29) is 0 Å². The summed E-state index contributed by atoms with van der Waals surface area (Å²) >= 11 is 0. The molecule has 13 nitrogen and oxygen atoms in total. The van der Waals surface area contributed by atoms with Crippen molar-refractivity contribution in [2.45, 2.75) is 51.4 Å². The molecular weight excluding hydrogens is 354 g/mol. The molecule has 0 saturated heterocycles. The first kappa shape index (κ1) is 28.1. The van der Waals surface area contributed by atoms with Gasteiger partial charge in [-0.05, 0) is 20.8 Å². The number of amides is 2. The first-order chi connectivity index (χ1) is 11.6. The van der Waals surface area contributed by atoms with Crippen LogP contribution in [-0.2, 0) is 24.0 Å². The second kappa shape index (κ2) is 14.6. The van der Waals surface area contributed by atoms with Crippen LogP contribution in [0.25, 0.3) is 0 Å². The van der Waals surface area contributed by atoms with Gasteiger partial charge in [0.2, 0.25) is 11.8 Å². The van der Waals surface area contributed by atoms with E-state index in [2.05, 4.69) is 5.32 Å². The third-order valence-corrected chi connectivity index (χ3v) is 2.21.